The topological polar surface area (TPSA) is 63.4 Å². The van der Waals surface area contributed by atoms with Crippen molar-refractivity contribution in [2.45, 2.75) is 4.90 Å². The smallest absolute Gasteiger partial charge is 0.244 e. The van der Waals surface area contributed by atoms with Crippen LogP contribution in [0.4, 0.5) is 10.1 Å². The molecule has 0 aliphatic rings. The highest BCUT2D eigenvalue weighted by molar-refractivity contribution is 7.89. The molecule has 4 nitrogen and oxygen atoms in total. The third kappa shape index (κ3) is 1.71. The van der Waals surface area contributed by atoms with Gasteiger partial charge in [-0.25, -0.2) is 17.1 Å². The fourth-order valence-corrected chi connectivity index (χ4v) is 1.96. The SMILES string of the molecule is CN(C)S(=O)(=O)c1cccc(F)c1N. The Kier molecular flexibility index (Phi) is 2.77. The Bertz CT molecular complexity index is 443. The van der Waals surface area contributed by atoms with Crippen LogP contribution in [0.25, 0.3) is 0 Å². The Hall–Kier alpha value is -1.14. The van der Waals surface area contributed by atoms with E-state index in [0.717, 1.165) is 10.4 Å². The van der Waals surface area contributed by atoms with Crippen LogP contribution in [-0.4, -0.2) is 26.8 Å². The van der Waals surface area contributed by atoms with Gasteiger partial charge < -0.3 is 5.73 Å². The van der Waals surface area contributed by atoms with E-state index >= 15 is 0 Å². The van der Waals surface area contributed by atoms with Crippen molar-refractivity contribution in [1.29, 1.82) is 0 Å². The van der Waals surface area contributed by atoms with Crippen molar-refractivity contribution in [3.63, 3.8) is 0 Å². The minimum Gasteiger partial charge on any atom is -0.395 e. The molecule has 0 amide bonds. The summed E-state index contributed by atoms with van der Waals surface area (Å²) < 4.78 is 37.1. The summed E-state index contributed by atoms with van der Waals surface area (Å²) in [5.41, 5.74) is 4.98. The van der Waals surface area contributed by atoms with E-state index in [1.165, 1.54) is 26.2 Å². The molecule has 0 aliphatic carbocycles. The number of halogens is 1. The third-order valence-corrected chi connectivity index (χ3v) is 3.64. The Morgan fingerprint density at radius 2 is 1.93 bits per heavy atom. The van der Waals surface area contributed by atoms with E-state index in [-0.39, 0.29) is 10.6 Å². The molecule has 0 saturated heterocycles. The van der Waals surface area contributed by atoms with Crippen molar-refractivity contribution in [2.24, 2.45) is 0 Å². The minimum atomic E-state index is -3.66. The molecule has 0 aromatic heterocycles. The van der Waals surface area contributed by atoms with Crippen molar-refractivity contribution in [2.75, 3.05) is 19.8 Å². The lowest BCUT2D eigenvalue weighted by Crippen LogP contribution is -2.23. The zero-order chi connectivity index (χ0) is 10.9. The highest BCUT2D eigenvalue weighted by Gasteiger charge is 2.21. The molecule has 0 radical (unpaired) electrons. The molecule has 0 bridgehead atoms. The molecule has 0 spiro atoms. The second kappa shape index (κ2) is 3.55. The molecule has 78 valence electrons. The largest absolute Gasteiger partial charge is 0.395 e. The van der Waals surface area contributed by atoms with Gasteiger partial charge in [0.1, 0.15) is 10.7 Å². The monoisotopic (exact) mass is 218 g/mol. The molecule has 0 fully saturated rings. The van der Waals surface area contributed by atoms with E-state index in [1.54, 1.807) is 0 Å². The molecule has 1 rings (SSSR count). The summed E-state index contributed by atoms with van der Waals surface area (Å²) in [5, 5.41) is 0. The Balaban J connectivity index is 3.42. The number of nitrogens with two attached hydrogens (primary N) is 1. The summed E-state index contributed by atoms with van der Waals surface area (Å²) in [6.45, 7) is 0. The predicted molar refractivity (Wildman–Crippen MR) is 51.7 cm³/mol. The Morgan fingerprint density at radius 3 is 2.43 bits per heavy atom. The number of para-hydroxylation sites is 1. The number of hydrogen-bond acceptors (Lipinski definition) is 3. The van der Waals surface area contributed by atoms with Gasteiger partial charge in [-0.05, 0) is 12.1 Å². The Morgan fingerprint density at radius 1 is 1.36 bits per heavy atom. The van der Waals surface area contributed by atoms with Crippen LogP contribution >= 0.6 is 0 Å². The van der Waals surface area contributed by atoms with Gasteiger partial charge in [-0.1, -0.05) is 6.07 Å². The zero-order valence-corrected chi connectivity index (χ0v) is 8.68. The number of hydrogen-bond donors (Lipinski definition) is 1. The van der Waals surface area contributed by atoms with E-state index in [0.29, 0.717) is 0 Å². The van der Waals surface area contributed by atoms with Gasteiger partial charge in [0.05, 0.1) is 5.69 Å². The summed E-state index contributed by atoms with van der Waals surface area (Å²) >= 11 is 0. The van der Waals surface area contributed by atoms with Crippen molar-refractivity contribution in [3.8, 4) is 0 Å². The second-order valence-corrected chi connectivity index (χ2v) is 5.06. The summed E-state index contributed by atoms with van der Waals surface area (Å²) in [4.78, 5) is -0.206. The first-order chi connectivity index (χ1) is 6.37. The summed E-state index contributed by atoms with van der Waals surface area (Å²) in [6.07, 6.45) is 0. The molecule has 0 saturated carbocycles. The first-order valence-electron chi connectivity index (χ1n) is 3.84. The molecule has 1 aromatic rings. The highest BCUT2D eigenvalue weighted by atomic mass is 32.2. The first-order valence-corrected chi connectivity index (χ1v) is 5.28. The van der Waals surface area contributed by atoms with Crippen LogP contribution in [0.2, 0.25) is 0 Å². The first kappa shape index (κ1) is 10.9. The summed E-state index contributed by atoms with van der Waals surface area (Å²) in [6, 6.07) is 3.69. The van der Waals surface area contributed by atoms with Gasteiger partial charge in [-0.15, -0.1) is 0 Å². The lowest BCUT2D eigenvalue weighted by Gasteiger charge is -2.13. The molecule has 1 aromatic carbocycles. The van der Waals surface area contributed by atoms with Crippen LogP contribution in [-0.2, 0) is 10.0 Å². The zero-order valence-electron chi connectivity index (χ0n) is 7.86. The lowest BCUT2D eigenvalue weighted by molar-refractivity contribution is 0.520. The summed E-state index contributed by atoms with van der Waals surface area (Å²) in [5.74, 6) is -0.729. The number of nitrogen functional groups attached to an aromatic ring is 1. The fourth-order valence-electron chi connectivity index (χ4n) is 0.939. The maximum Gasteiger partial charge on any atom is 0.244 e. The van der Waals surface area contributed by atoms with Crippen LogP contribution in [0.15, 0.2) is 23.1 Å². The quantitative estimate of drug-likeness (QED) is 0.742. The van der Waals surface area contributed by atoms with Crippen molar-refractivity contribution in [1.82, 2.24) is 4.31 Å². The van der Waals surface area contributed by atoms with Crippen molar-refractivity contribution < 1.29 is 12.8 Å². The maximum absolute atomic E-state index is 13.0. The van der Waals surface area contributed by atoms with Gasteiger partial charge in [-0.3, -0.25) is 0 Å². The van der Waals surface area contributed by atoms with E-state index in [1.807, 2.05) is 0 Å². The van der Waals surface area contributed by atoms with E-state index in [9.17, 15) is 12.8 Å². The van der Waals surface area contributed by atoms with Gasteiger partial charge in [0.2, 0.25) is 10.0 Å². The molecular formula is C8H11FN2O2S. The van der Waals surface area contributed by atoms with Crippen LogP contribution in [0.5, 0.6) is 0 Å². The Labute approximate surface area is 82.2 Å². The normalized spacial score (nSPS) is 12.0. The van der Waals surface area contributed by atoms with E-state index in [4.69, 9.17) is 5.73 Å². The van der Waals surface area contributed by atoms with E-state index in [2.05, 4.69) is 0 Å². The van der Waals surface area contributed by atoms with Gasteiger partial charge in [0.15, 0.2) is 0 Å². The number of benzene rings is 1. The van der Waals surface area contributed by atoms with Crippen LogP contribution in [0.1, 0.15) is 0 Å². The van der Waals surface area contributed by atoms with Crippen LogP contribution < -0.4 is 5.73 Å². The minimum absolute atomic E-state index is 0.206. The van der Waals surface area contributed by atoms with Gasteiger partial charge in [-0.2, -0.15) is 0 Å². The van der Waals surface area contributed by atoms with Crippen molar-refractivity contribution in [3.05, 3.63) is 24.0 Å². The van der Waals surface area contributed by atoms with Gasteiger partial charge in [0.25, 0.3) is 0 Å². The van der Waals surface area contributed by atoms with Crippen LogP contribution in [0.3, 0.4) is 0 Å². The molecular weight excluding hydrogens is 207 g/mol. The summed E-state index contributed by atoms with van der Waals surface area (Å²) in [7, 11) is -0.940. The van der Waals surface area contributed by atoms with Gasteiger partial charge in [0, 0.05) is 14.1 Å². The average Bonchev–Trinajstić information content (AvgIpc) is 2.09. The third-order valence-electron chi connectivity index (χ3n) is 1.77. The second-order valence-electron chi connectivity index (χ2n) is 2.94. The van der Waals surface area contributed by atoms with Crippen molar-refractivity contribution >= 4 is 15.7 Å². The number of rotatable bonds is 2. The lowest BCUT2D eigenvalue weighted by atomic mass is 10.3. The number of anilines is 1. The molecule has 2 N–H and O–H groups in total. The predicted octanol–water partition coefficient (Wildman–Crippen LogP) is 0.658. The average molecular weight is 218 g/mol. The van der Waals surface area contributed by atoms with Crippen LogP contribution in [0, 0.1) is 5.82 Å². The molecule has 0 unspecified atom stereocenters. The maximum atomic E-state index is 13.0. The highest BCUT2D eigenvalue weighted by Crippen LogP contribution is 2.22. The number of nitrogens with zero attached hydrogens (tertiary/aromatic N) is 1. The molecule has 0 aliphatic heterocycles. The number of sulfonamides is 1. The standard InChI is InChI=1S/C8H11FN2O2S/c1-11(2)14(12,13)7-5-3-4-6(9)8(7)10/h3-5H,10H2,1-2H3. The molecule has 6 heteroatoms. The molecule has 14 heavy (non-hydrogen) atoms. The molecule has 0 atom stereocenters. The molecule has 0 heterocycles. The fraction of sp³-hybridized carbons (Fsp3) is 0.250. The van der Waals surface area contributed by atoms with Gasteiger partial charge >= 0.3 is 0 Å². The van der Waals surface area contributed by atoms with E-state index < -0.39 is 15.8 Å².